The Morgan fingerprint density at radius 1 is 0.511 bits per heavy atom. The number of para-hydroxylation sites is 2. The van der Waals surface area contributed by atoms with Gasteiger partial charge in [0, 0.05) is 43.3 Å². The van der Waals surface area contributed by atoms with Gasteiger partial charge in [-0.25, -0.2) is 34.0 Å². The van der Waals surface area contributed by atoms with Crippen LogP contribution in [-0.2, 0) is 38.2 Å². The molecule has 2 aliphatic rings. The monoisotopic (exact) mass is 1280 g/mol. The van der Waals surface area contributed by atoms with E-state index in [4.69, 9.17) is 75.5 Å². The van der Waals surface area contributed by atoms with Gasteiger partial charge in [0.2, 0.25) is 12.2 Å². The lowest BCUT2D eigenvalue weighted by atomic mass is 9.88. The fourth-order valence-electron chi connectivity index (χ4n) is 5.71. The van der Waals surface area contributed by atoms with Gasteiger partial charge in [-0.05, 0) is 108 Å². The molecule has 1 fully saturated rings. The normalized spacial score (nSPS) is 11.7. The van der Waals surface area contributed by atoms with Crippen LogP contribution in [0.25, 0.3) is 0 Å². The average molecular weight is 1280 g/mol. The van der Waals surface area contributed by atoms with Crippen LogP contribution in [0.3, 0.4) is 0 Å². The van der Waals surface area contributed by atoms with E-state index < -0.39 is 60.0 Å². The number of esters is 3. The first-order valence-corrected chi connectivity index (χ1v) is 29.1. The van der Waals surface area contributed by atoms with E-state index in [9.17, 15) is 43.2 Å². The number of aliphatic carboxylic acids is 3. The summed E-state index contributed by atoms with van der Waals surface area (Å²) in [5, 5.41) is 101. The molecule has 90 heavy (non-hydrogen) atoms. The summed E-state index contributed by atoms with van der Waals surface area (Å²) in [7, 11) is 0. The Labute approximate surface area is 525 Å². The van der Waals surface area contributed by atoms with Gasteiger partial charge in [-0.1, -0.05) is 95.0 Å². The number of carbonyl (C=O) groups is 7. The van der Waals surface area contributed by atoms with Crippen molar-refractivity contribution in [3.05, 3.63) is 96.1 Å². The number of isocyanates is 2. The number of rotatable bonds is 28. The topological polar surface area (TPSA) is 458 Å². The van der Waals surface area contributed by atoms with Crippen molar-refractivity contribution in [2.45, 2.75) is 137 Å². The second kappa shape index (κ2) is 59.0. The van der Waals surface area contributed by atoms with Gasteiger partial charge in [-0.3, -0.25) is 19.2 Å². The summed E-state index contributed by atoms with van der Waals surface area (Å²) < 4.78 is 19.0. The van der Waals surface area contributed by atoms with Gasteiger partial charge in [0.15, 0.2) is 0 Å². The summed E-state index contributed by atoms with van der Waals surface area (Å²) in [4.78, 5) is 99.5. The van der Waals surface area contributed by atoms with Crippen LogP contribution in [0, 0.1) is 16.2 Å². The Kier molecular flexibility index (Phi) is 58.2. The number of aliphatic imine (C=N–C) groups is 2. The lowest BCUT2D eigenvalue weighted by molar-refractivity contribution is -0.153. The third-order valence-corrected chi connectivity index (χ3v) is 12.1. The summed E-state index contributed by atoms with van der Waals surface area (Å²) >= 11 is 0. The Morgan fingerprint density at radius 3 is 1.19 bits per heavy atom. The molecular formula is C63H96N2O25. The maximum Gasteiger partial charge on any atom is 0.519 e. The third kappa shape index (κ3) is 51.3. The first kappa shape index (κ1) is 88.8. The van der Waals surface area contributed by atoms with Crippen molar-refractivity contribution in [1.29, 1.82) is 0 Å². The number of hydrogen-bond acceptors (Lipinski definition) is 24. The van der Waals surface area contributed by atoms with E-state index in [-0.39, 0.29) is 70.5 Å². The molecule has 0 aliphatic carbocycles. The van der Waals surface area contributed by atoms with Gasteiger partial charge in [0.05, 0.1) is 77.1 Å². The van der Waals surface area contributed by atoms with Crippen LogP contribution in [0.2, 0.25) is 0 Å². The third-order valence-electron chi connectivity index (χ3n) is 12.1. The summed E-state index contributed by atoms with van der Waals surface area (Å²) in [5.41, 5.74) is -1.64. The van der Waals surface area contributed by atoms with Crippen LogP contribution in [-0.4, -0.2) is 195 Å². The van der Waals surface area contributed by atoms with E-state index >= 15 is 0 Å². The number of aliphatic hydroxyl groups is 9. The lowest BCUT2D eigenvalue weighted by Gasteiger charge is -2.24. The maximum atomic E-state index is 11.3. The van der Waals surface area contributed by atoms with Crippen molar-refractivity contribution in [3.63, 3.8) is 0 Å². The molecule has 27 nitrogen and oxygen atoms in total. The molecule has 2 heterocycles. The van der Waals surface area contributed by atoms with Crippen molar-refractivity contribution < 1.29 is 123 Å². The van der Waals surface area contributed by atoms with Crippen molar-refractivity contribution in [1.82, 2.24) is 0 Å². The van der Waals surface area contributed by atoms with Gasteiger partial charge >= 0.3 is 42.0 Å². The minimum Gasteiger partial charge on any atom is -0.481 e. The van der Waals surface area contributed by atoms with E-state index in [2.05, 4.69) is 14.7 Å². The van der Waals surface area contributed by atoms with Gasteiger partial charge in [0.25, 0.3) is 0 Å². The average Bonchev–Trinajstić information content (AvgIpc) is 1.80. The molecule has 508 valence electrons. The predicted molar refractivity (Wildman–Crippen MR) is 328 cm³/mol. The van der Waals surface area contributed by atoms with Gasteiger partial charge in [0.1, 0.15) is 16.9 Å². The molecule has 12 N–H and O–H groups in total. The number of fused-ring (bicyclic) bond motifs is 1. The van der Waals surface area contributed by atoms with Gasteiger partial charge in [-0.2, -0.15) is 0 Å². The van der Waals surface area contributed by atoms with Crippen molar-refractivity contribution in [2.24, 2.45) is 26.2 Å². The fourth-order valence-corrected chi connectivity index (χ4v) is 5.71. The number of ether oxygens (including phenoxy) is 4. The predicted octanol–water partition coefficient (Wildman–Crippen LogP) is 6.25. The highest BCUT2D eigenvalue weighted by atomic mass is 16.7. The largest absolute Gasteiger partial charge is 0.519 e. The van der Waals surface area contributed by atoms with Crippen LogP contribution >= 0.6 is 0 Å². The van der Waals surface area contributed by atoms with Crippen LogP contribution in [0.4, 0.5) is 4.79 Å². The SMILES string of the molecule is CC(C)(CO)CO.CC(CO)(CO)C(=O)O.CCC(CO)(CO)CO.O=C(O)CCCCC(=O)O.O=C(Oc1ccccc1)Oc1ccccc1.O=C1CCCCCO1.O=C1OC(=O)c2ccccc21.O=C=NCCCCCCN=C=O.OCCCCCCO. The maximum absolute atomic E-state index is 11.3. The molecule has 2 aliphatic heterocycles. The molecule has 27 heteroatoms. The standard InChI is InChI=1S/C13H10O3.C8H12N2O2.C8H4O3.C6H10O4.C6H14O3.C6H10O2.C6H14O2.C5H10O4.C5H12O2/c14-13(15-11-7-3-1-4-8-11)16-12-9-5-2-6-10-12;11-7-9-5-3-1-2-4-6-10-8-12;9-7-5-3-1-2-4-6(5)8(10)11-7;7-5(8)3-1-2-4-6(9)10;1-2-6(3-7,4-8)5-9;7-6-4-2-1-3-5-8-6;7-5-3-1-2-4-6-8;1-5(2-6,3-7)4(8)9;1-5(2,3-6)4-7/h1-10H;1-6H2;1-4H;1-4H2,(H,7,8)(H,9,10);7-9H,2-5H2,1H3;1-5H2;7-8H,1-6H2;6-7H,2-3H2,1H3,(H,8,9);6-7H,3-4H2,1-2H3. The molecule has 5 rings (SSSR count). The fraction of sp³-hybridized carbons (Fsp3) is 0.571. The Hall–Kier alpha value is -7.65. The van der Waals surface area contributed by atoms with Crippen LogP contribution in [0.15, 0.2) is 94.9 Å². The molecule has 3 aromatic rings. The molecule has 0 saturated carbocycles. The summed E-state index contributed by atoms with van der Waals surface area (Å²) in [6.07, 6.45) is 15.3. The van der Waals surface area contributed by atoms with E-state index in [1.165, 1.54) is 19.1 Å². The minimum absolute atomic E-state index is 0.0255. The molecule has 0 unspecified atom stereocenters. The number of carbonyl (C=O) groups excluding carboxylic acids is 6. The number of benzene rings is 3. The first-order valence-electron chi connectivity index (χ1n) is 29.1. The molecule has 0 atom stereocenters. The van der Waals surface area contributed by atoms with Crippen LogP contribution in [0.1, 0.15) is 158 Å². The van der Waals surface area contributed by atoms with E-state index in [1.54, 1.807) is 86.6 Å². The molecule has 0 bridgehead atoms. The molecule has 0 amide bonds. The van der Waals surface area contributed by atoms with Crippen molar-refractivity contribution >= 4 is 54.1 Å². The smallest absolute Gasteiger partial charge is 0.481 e. The van der Waals surface area contributed by atoms with Crippen LogP contribution < -0.4 is 9.47 Å². The van der Waals surface area contributed by atoms with Crippen molar-refractivity contribution in [2.75, 3.05) is 79.2 Å². The highest BCUT2D eigenvalue weighted by Crippen LogP contribution is 2.20. The molecule has 1 saturated heterocycles. The Balaban J connectivity index is -0.000000468. The zero-order valence-electron chi connectivity index (χ0n) is 52.2. The molecule has 0 radical (unpaired) electrons. The number of nitrogens with zero attached hydrogens (tertiary/aromatic N) is 2. The Bertz CT molecular complexity index is 2290. The molecule has 3 aromatic carbocycles. The molecule has 0 spiro atoms. The summed E-state index contributed by atoms with van der Waals surface area (Å²) in [6, 6.07) is 24.1. The second-order valence-corrected chi connectivity index (χ2v) is 20.5. The zero-order chi connectivity index (χ0) is 68.9. The zero-order valence-corrected chi connectivity index (χ0v) is 52.2. The Morgan fingerprint density at radius 2 is 0.900 bits per heavy atom. The minimum atomic E-state index is -1.39. The first-order chi connectivity index (χ1) is 42.9. The van der Waals surface area contributed by atoms with Crippen LogP contribution in [0.5, 0.6) is 11.5 Å². The number of carboxylic acid groups (broad SMARTS) is 3. The number of unbranched alkanes of at least 4 members (excludes halogenated alkanes) is 7. The number of carboxylic acids is 3. The van der Waals surface area contributed by atoms with E-state index in [1.807, 2.05) is 19.1 Å². The van der Waals surface area contributed by atoms with Crippen molar-refractivity contribution in [3.8, 4) is 11.5 Å². The quantitative estimate of drug-likeness (QED) is 0.00954. The molecule has 0 aromatic heterocycles. The van der Waals surface area contributed by atoms with E-state index in [0.717, 1.165) is 70.6 Å². The highest BCUT2D eigenvalue weighted by Gasteiger charge is 2.31. The highest BCUT2D eigenvalue weighted by molar-refractivity contribution is 6.14. The lowest BCUT2D eigenvalue weighted by Crippen LogP contribution is -2.35. The number of cyclic esters (lactones) is 3. The molecular weight excluding hydrogens is 1180 g/mol. The van der Waals surface area contributed by atoms with Gasteiger partial charge in [-0.15, -0.1) is 0 Å². The van der Waals surface area contributed by atoms with E-state index in [0.29, 0.717) is 68.0 Å². The van der Waals surface area contributed by atoms with Gasteiger partial charge < -0.3 is 80.2 Å². The summed E-state index contributed by atoms with van der Waals surface area (Å²) in [6.45, 7) is 7.54. The number of aliphatic hydroxyl groups excluding tert-OH is 9. The second-order valence-electron chi connectivity index (χ2n) is 20.5. The summed E-state index contributed by atoms with van der Waals surface area (Å²) in [5.74, 6) is -3.13. The number of hydrogen-bond donors (Lipinski definition) is 12.